The Kier molecular flexibility index (Phi) is 5.42. The van der Waals surface area contributed by atoms with E-state index in [1.807, 2.05) is 0 Å². The highest BCUT2D eigenvalue weighted by Gasteiger charge is 2.59. The normalized spacial score (nSPS) is 20.8. The largest absolute Gasteiger partial charge is 0.334 e. The molecule has 44 heavy (non-hydrogen) atoms. The molecule has 1 fully saturated rings. The molecule has 2 atom stereocenters. The van der Waals surface area contributed by atoms with Gasteiger partial charge < -0.3 is 4.90 Å². The van der Waals surface area contributed by atoms with E-state index in [4.69, 9.17) is 0 Å². The molecule has 1 aliphatic carbocycles. The quantitative estimate of drug-likeness (QED) is 0.193. The topological polar surface area (TPSA) is 3.24 Å². The lowest BCUT2D eigenvalue weighted by Gasteiger charge is -2.42. The van der Waals surface area contributed by atoms with Crippen LogP contribution in [0.25, 0.3) is 54.6 Å². The van der Waals surface area contributed by atoms with Gasteiger partial charge in [0.2, 0.25) is 0 Å². The molecule has 9 rings (SSSR count). The van der Waals surface area contributed by atoms with Crippen LogP contribution in [0.3, 0.4) is 0 Å². The smallest absolute Gasteiger partial charge is 0.0517 e. The van der Waals surface area contributed by atoms with Gasteiger partial charge in [0.15, 0.2) is 0 Å². The Morgan fingerprint density at radius 3 is 1.82 bits per heavy atom. The van der Waals surface area contributed by atoms with Gasteiger partial charge in [-0.3, -0.25) is 0 Å². The summed E-state index contributed by atoms with van der Waals surface area (Å²) in [5, 5.41) is 7.81. The van der Waals surface area contributed by atoms with Gasteiger partial charge in [0.25, 0.3) is 0 Å². The van der Waals surface area contributed by atoms with E-state index in [0.29, 0.717) is 0 Å². The SMILES string of the molecule is CC12CCCC1(C)N(c1ccccc1)c1ccc(-c3c4ccccc4c(-c4cccc5ccccc45)c4ccccc34)cc12. The van der Waals surface area contributed by atoms with Gasteiger partial charge >= 0.3 is 0 Å². The number of hydrogen-bond acceptors (Lipinski definition) is 1. The molecule has 0 radical (unpaired) electrons. The first-order valence-electron chi connectivity index (χ1n) is 16.0. The molecular formula is C43H35N. The van der Waals surface area contributed by atoms with Crippen molar-refractivity contribution in [2.45, 2.75) is 44.1 Å². The second-order valence-corrected chi connectivity index (χ2v) is 13.2. The van der Waals surface area contributed by atoms with Gasteiger partial charge in [-0.2, -0.15) is 0 Å². The van der Waals surface area contributed by atoms with Crippen molar-refractivity contribution in [1.29, 1.82) is 0 Å². The van der Waals surface area contributed by atoms with Gasteiger partial charge in [-0.25, -0.2) is 0 Å². The summed E-state index contributed by atoms with van der Waals surface area (Å²) in [5.74, 6) is 0. The fraction of sp³-hybridized carbons (Fsp3) is 0.163. The molecule has 0 spiro atoms. The Morgan fingerprint density at radius 1 is 0.523 bits per heavy atom. The molecule has 1 heteroatoms. The van der Waals surface area contributed by atoms with E-state index in [2.05, 4.69) is 158 Å². The first-order chi connectivity index (χ1) is 21.6. The summed E-state index contributed by atoms with van der Waals surface area (Å²) in [6.07, 6.45) is 3.67. The average molecular weight is 566 g/mol. The van der Waals surface area contributed by atoms with Gasteiger partial charge in [-0.1, -0.05) is 129 Å². The van der Waals surface area contributed by atoms with Crippen LogP contribution in [0.4, 0.5) is 11.4 Å². The predicted octanol–water partition coefficient (Wildman–Crippen LogP) is 11.8. The Hall–Kier alpha value is -4.88. The van der Waals surface area contributed by atoms with Crippen molar-refractivity contribution in [2.75, 3.05) is 4.90 Å². The van der Waals surface area contributed by atoms with Crippen LogP contribution < -0.4 is 4.90 Å². The second kappa shape index (κ2) is 9.31. The third-order valence-corrected chi connectivity index (χ3v) is 11.1. The summed E-state index contributed by atoms with van der Waals surface area (Å²) < 4.78 is 0. The van der Waals surface area contributed by atoms with Crippen LogP contribution in [0.2, 0.25) is 0 Å². The molecule has 2 unspecified atom stereocenters. The molecule has 1 heterocycles. The third kappa shape index (κ3) is 3.36. The second-order valence-electron chi connectivity index (χ2n) is 13.2. The molecule has 0 saturated heterocycles. The lowest BCUT2D eigenvalue weighted by molar-refractivity contribution is 0.330. The number of benzene rings is 7. The van der Waals surface area contributed by atoms with Gasteiger partial charge in [0.1, 0.15) is 0 Å². The Bertz CT molecular complexity index is 2180. The van der Waals surface area contributed by atoms with E-state index in [1.54, 1.807) is 0 Å². The number of nitrogens with zero attached hydrogens (tertiary/aromatic N) is 1. The fourth-order valence-corrected chi connectivity index (χ4v) is 8.88. The molecule has 7 aromatic rings. The van der Waals surface area contributed by atoms with E-state index in [0.717, 1.165) is 0 Å². The monoisotopic (exact) mass is 565 g/mol. The number of rotatable bonds is 3. The average Bonchev–Trinajstić information content (AvgIpc) is 3.47. The molecule has 1 nitrogen and oxygen atoms in total. The van der Waals surface area contributed by atoms with Crippen LogP contribution in [0, 0.1) is 0 Å². The highest BCUT2D eigenvalue weighted by molar-refractivity contribution is 6.23. The van der Waals surface area contributed by atoms with Gasteiger partial charge in [-0.15, -0.1) is 0 Å². The van der Waals surface area contributed by atoms with Crippen molar-refractivity contribution in [1.82, 2.24) is 0 Å². The van der Waals surface area contributed by atoms with Gasteiger partial charge in [0.05, 0.1) is 5.54 Å². The predicted molar refractivity (Wildman–Crippen MR) is 188 cm³/mol. The van der Waals surface area contributed by atoms with Gasteiger partial charge in [0, 0.05) is 16.8 Å². The molecule has 0 bridgehead atoms. The van der Waals surface area contributed by atoms with E-state index in [1.165, 1.54) is 90.8 Å². The maximum atomic E-state index is 2.65. The summed E-state index contributed by atoms with van der Waals surface area (Å²) in [5.41, 5.74) is 9.56. The van der Waals surface area contributed by atoms with Crippen molar-refractivity contribution in [3.05, 3.63) is 145 Å². The van der Waals surface area contributed by atoms with Crippen molar-refractivity contribution < 1.29 is 0 Å². The van der Waals surface area contributed by atoms with Crippen molar-refractivity contribution in [2.24, 2.45) is 0 Å². The summed E-state index contributed by atoms with van der Waals surface area (Å²) in [7, 11) is 0. The molecule has 0 N–H and O–H groups in total. The highest BCUT2D eigenvalue weighted by Crippen LogP contribution is 2.63. The molecule has 2 aliphatic rings. The zero-order chi connectivity index (χ0) is 29.5. The summed E-state index contributed by atoms with van der Waals surface area (Å²) in [4.78, 5) is 2.65. The molecule has 7 aromatic carbocycles. The molecular weight excluding hydrogens is 530 g/mol. The van der Waals surface area contributed by atoms with Gasteiger partial charge in [-0.05, 0) is 104 Å². The van der Waals surface area contributed by atoms with E-state index < -0.39 is 0 Å². The first kappa shape index (κ1) is 25.6. The van der Waals surface area contributed by atoms with Crippen molar-refractivity contribution in [3.63, 3.8) is 0 Å². The lowest BCUT2D eigenvalue weighted by Crippen LogP contribution is -2.48. The van der Waals surface area contributed by atoms with Crippen molar-refractivity contribution in [3.8, 4) is 22.3 Å². The fourth-order valence-electron chi connectivity index (χ4n) is 8.88. The Morgan fingerprint density at radius 2 is 1.11 bits per heavy atom. The van der Waals surface area contributed by atoms with Crippen LogP contribution in [-0.4, -0.2) is 5.54 Å². The minimum atomic E-state index is 0.0532. The van der Waals surface area contributed by atoms with Crippen LogP contribution in [0.15, 0.2) is 140 Å². The lowest BCUT2D eigenvalue weighted by atomic mass is 9.71. The van der Waals surface area contributed by atoms with E-state index in [-0.39, 0.29) is 11.0 Å². The van der Waals surface area contributed by atoms with Crippen LogP contribution >= 0.6 is 0 Å². The maximum Gasteiger partial charge on any atom is 0.0517 e. The van der Waals surface area contributed by atoms with Crippen LogP contribution in [-0.2, 0) is 5.41 Å². The number of fused-ring (bicyclic) bond motifs is 6. The summed E-state index contributed by atoms with van der Waals surface area (Å²) >= 11 is 0. The Balaban J connectivity index is 1.34. The standard InChI is InChI=1S/C43H35N/c1-42-26-13-27-43(42,2)44(31-16-4-3-5-17-31)39-25-24-30(28-38(39)42)40-34-19-8-10-21-36(34)41(37-22-11-9-20-35(37)40)33-23-12-15-29-14-6-7-18-32(29)33/h3-12,14-25,28H,13,26-27H2,1-2H3. The maximum absolute atomic E-state index is 2.65. The molecule has 212 valence electrons. The molecule has 1 aliphatic heterocycles. The third-order valence-electron chi connectivity index (χ3n) is 11.1. The zero-order valence-corrected chi connectivity index (χ0v) is 25.3. The minimum Gasteiger partial charge on any atom is -0.334 e. The summed E-state index contributed by atoms with van der Waals surface area (Å²) in [6, 6.07) is 52.0. The first-order valence-corrected chi connectivity index (χ1v) is 16.0. The van der Waals surface area contributed by atoms with Crippen LogP contribution in [0.5, 0.6) is 0 Å². The highest BCUT2D eigenvalue weighted by atomic mass is 15.3. The molecule has 1 saturated carbocycles. The Labute approximate surface area is 259 Å². The number of para-hydroxylation sites is 1. The van der Waals surface area contributed by atoms with E-state index >= 15 is 0 Å². The number of anilines is 2. The van der Waals surface area contributed by atoms with E-state index in [9.17, 15) is 0 Å². The molecule has 0 amide bonds. The number of hydrogen-bond donors (Lipinski definition) is 0. The molecule has 0 aromatic heterocycles. The van der Waals surface area contributed by atoms with Crippen LogP contribution in [0.1, 0.15) is 38.7 Å². The zero-order valence-electron chi connectivity index (χ0n) is 25.3. The summed E-state index contributed by atoms with van der Waals surface area (Å²) in [6.45, 7) is 5.02. The minimum absolute atomic E-state index is 0.0532. The van der Waals surface area contributed by atoms with Crippen molar-refractivity contribution >= 4 is 43.7 Å².